The summed E-state index contributed by atoms with van der Waals surface area (Å²) < 4.78 is 0. The average molecular weight is 494 g/mol. The Labute approximate surface area is 203 Å². The van der Waals surface area contributed by atoms with Crippen LogP contribution in [0.3, 0.4) is 0 Å². The van der Waals surface area contributed by atoms with Crippen molar-refractivity contribution in [2.45, 2.75) is 63.4 Å². The van der Waals surface area contributed by atoms with Gasteiger partial charge in [-0.2, -0.15) is 0 Å². The number of aliphatic carboxylic acids is 1. The first kappa shape index (κ1) is 29.3. The number of guanidine groups is 1. The summed E-state index contributed by atoms with van der Waals surface area (Å²) in [6.07, 6.45) is -0.942. The van der Waals surface area contributed by atoms with Crippen LogP contribution in [0.5, 0.6) is 0 Å². The number of aliphatic hydroxyl groups excluding tert-OH is 1. The Hall–Kier alpha value is -3.71. The highest BCUT2D eigenvalue weighted by atomic mass is 16.4. The van der Waals surface area contributed by atoms with Crippen LogP contribution in [0.25, 0.3) is 0 Å². The highest BCUT2D eigenvalue weighted by Crippen LogP contribution is 2.06. The molecule has 0 heterocycles. The fourth-order valence-electron chi connectivity index (χ4n) is 3.05. The van der Waals surface area contributed by atoms with Crippen molar-refractivity contribution in [1.29, 1.82) is 0 Å². The number of carboxylic acid groups (broad SMARTS) is 1. The first-order valence-corrected chi connectivity index (χ1v) is 11.1. The Balaban J connectivity index is 3.02. The van der Waals surface area contributed by atoms with E-state index in [-0.39, 0.29) is 31.8 Å². The summed E-state index contributed by atoms with van der Waals surface area (Å²) in [6.45, 7) is 2.86. The average Bonchev–Trinajstić information content (AvgIpc) is 2.78. The maximum Gasteiger partial charge on any atom is 0.326 e. The monoisotopic (exact) mass is 493 g/mol. The fourth-order valence-corrected chi connectivity index (χ4v) is 3.05. The SMILES string of the molecule is CC(N)C(=O)NC(C(=O)NC(CCCN=C(N)N)C(=O)NC(Cc1ccccc1)C(=O)O)C(C)O. The van der Waals surface area contributed by atoms with E-state index in [0.717, 1.165) is 0 Å². The summed E-state index contributed by atoms with van der Waals surface area (Å²) in [5.41, 5.74) is 16.8. The number of amides is 3. The van der Waals surface area contributed by atoms with Crippen molar-refractivity contribution in [1.82, 2.24) is 16.0 Å². The molecule has 194 valence electrons. The molecular formula is C22H35N7O6. The number of hydrogen-bond donors (Lipinski definition) is 8. The minimum absolute atomic E-state index is 0.0251. The maximum absolute atomic E-state index is 13.0. The summed E-state index contributed by atoms with van der Waals surface area (Å²) in [5, 5.41) is 26.8. The number of aliphatic imine (C=N–C) groups is 1. The first-order chi connectivity index (χ1) is 16.4. The van der Waals surface area contributed by atoms with Gasteiger partial charge in [0.1, 0.15) is 18.1 Å². The Morgan fingerprint density at radius 1 is 0.943 bits per heavy atom. The number of benzene rings is 1. The van der Waals surface area contributed by atoms with E-state index in [0.29, 0.717) is 5.56 Å². The summed E-state index contributed by atoms with van der Waals surface area (Å²) in [6, 6.07) is 3.96. The second-order valence-electron chi connectivity index (χ2n) is 8.11. The van der Waals surface area contributed by atoms with E-state index >= 15 is 0 Å². The van der Waals surface area contributed by atoms with Gasteiger partial charge in [0, 0.05) is 13.0 Å². The van der Waals surface area contributed by atoms with E-state index in [1.165, 1.54) is 13.8 Å². The number of nitrogens with one attached hydrogen (secondary N) is 3. The summed E-state index contributed by atoms with van der Waals surface area (Å²) in [5.74, 6) is -3.66. The van der Waals surface area contributed by atoms with Gasteiger partial charge in [0.2, 0.25) is 17.7 Å². The number of carbonyl (C=O) groups is 4. The smallest absolute Gasteiger partial charge is 0.326 e. The molecule has 11 N–H and O–H groups in total. The molecule has 0 saturated carbocycles. The molecule has 35 heavy (non-hydrogen) atoms. The minimum atomic E-state index is -1.39. The standard InChI is InChI=1S/C22H35N7O6/c1-12(23)18(31)29-17(13(2)30)20(33)27-15(9-6-10-26-22(24)25)19(32)28-16(21(34)35)11-14-7-4-3-5-8-14/h3-5,7-8,12-13,15-17,30H,6,9-11,23H2,1-2H3,(H,27,33)(H,28,32)(H,29,31)(H,34,35)(H4,24,25,26). The molecule has 0 spiro atoms. The van der Waals surface area contributed by atoms with E-state index in [1.807, 2.05) is 0 Å². The molecule has 0 aliphatic heterocycles. The number of carboxylic acids is 1. The van der Waals surface area contributed by atoms with Crippen LogP contribution in [-0.2, 0) is 25.6 Å². The normalized spacial score (nSPS) is 15.0. The van der Waals surface area contributed by atoms with Gasteiger partial charge in [-0.05, 0) is 32.3 Å². The van der Waals surface area contributed by atoms with Crippen molar-refractivity contribution in [2.24, 2.45) is 22.2 Å². The van der Waals surface area contributed by atoms with Gasteiger partial charge < -0.3 is 43.4 Å². The first-order valence-electron chi connectivity index (χ1n) is 11.1. The molecule has 0 saturated heterocycles. The van der Waals surface area contributed by atoms with Crippen LogP contribution in [0.2, 0.25) is 0 Å². The van der Waals surface area contributed by atoms with Gasteiger partial charge in [0.25, 0.3) is 0 Å². The predicted molar refractivity (Wildman–Crippen MR) is 129 cm³/mol. The Morgan fingerprint density at radius 3 is 2.06 bits per heavy atom. The van der Waals surface area contributed by atoms with E-state index in [1.54, 1.807) is 30.3 Å². The van der Waals surface area contributed by atoms with Crippen LogP contribution in [0.1, 0.15) is 32.3 Å². The van der Waals surface area contributed by atoms with Gasteiger partial charge in [-0.1, -0.05) is 30.3 Å². The zero-order valence-electron chi connectivity index (χ0n) is 19.8. The molecule has 1 aromatic rings. The van der Waals surface area contributed by atoms with Crippen molar-refractivity contribution in [2.75, 3.05) is 6.54 Å². The van der Waals surface area contributed by atoms with Crippen molar-refractivity contribution < 1.29 is 29.4 Å². The summed E-state index contributed by atoms with van der Waals surface area (Å²) in [7, 11) is 0. The number of rotatable bonds is 14. The fraction of sp³-hybridized carbons (Fsp3) is 0.500. The van der Waals surface area contributed by atoms with E-state index in [9.17, 15) is 29.4 Å². The molecule has 1 rings (SSSR count). The molecule has 0 aromatic heterocycles. The lowest BCUT2D eigenvalue weighted by Crippen LogP contribution is -2.59. The van der Waals surface area contributed by atoms with Crippen molar-refractivity contribution in [3.63, 3.8) is 0 Å². The molecule has 13 nitrogen and oxygen atoms in total. The van der Waals surface area contributed by atoms with Crippen LogP contribution in [0.15, 0.2) is 35.3 Å². The van der Waals surface area contributed by atoms with Crippen LogP contribution in [0, 0.1) is 0 Å². The largest absolute Gasteiger partial charge is 0.480 e. The van der Waals surface area contributed by atoms with Crippen LogP contribution < -0.4 is 33.2 Å². The van der Waals surface area contributed by atoms with Gasteiger partial charge >= 0.3 is 5.97 Å². The molecule has 5 unspecified atom stereocenters. The Kier molecular flexibility index (Phi) is 12.2. The van der Waals surface area contributed by atoms with Crippen LogP contribution in [-0.4, -0.2) is 76.7 Å². The molecule has 0 fully saturated rings. The topological polar surface area (TPSA) is 235 Å². The van der Waals surface area contributed by atoms with Gasteiger partial charge in [-0.3, -0.25) is 19.4 Å². The number of aliphatic hydroxyl groups is 1. The highest BCUT2D eigenvalue weighted by molar-refractivity contribution is 5.94. The third-order valence-electron chi connectivity index (χ3n) is 4.95. The van der Waals surface area contributed by atoms with E-state index in [2.05, 4.69) is 20.9 Å². The van der Waals surface area contributed by atoms with Crippen LogP contribution >= 0.6 is 0 Å². The van der Waals surface area contributed by atoms with Gasteiger partial charge in [-0.25, -0.2) is 4.79 Å². The third-order valence-corrected chi connectivity index (χ3v) is 4.95. The molecule has 0 radical (unpaired) electrons. The van der Waals surface area contributed by atoms with Gasteiger partial charge in [0.05, 0.1) is 12.1 Å². The van der Waals surface area contributed by atoms with Gasteiger partial charge in [-0.15, -0.1) is 0 Å². The van der Waals surface area contributed by atoms with E-state index in [4.69, 9.17) is 17.2 Å². The molecule has 13 heteroatoms. The lowest BCUT2D eigenvalue weighted by Gasteiger charge is -2.26. The molecule has 3 amide bonds. The second kappa shape index (κ2) is 14.5. The number of nitrogens with two attached hydrogens (primary N) is 3. The quantitative estimate of drug-likeness (QED) is 0.0778. The van der Waals surface area contributed by atoms with Crippen molar-refractivity contribution >= 4 is 29.7 Å². The van der Waals surface area contributed by atoms with Crippen molar-refractivity contribution in [3.05, 3.63) is 35.9 Å². The van der Waals surface area contributed by atoms with Gasteiger partial charge in [0.15, 0.2) is 5.96 Å². The molecular weight excluding hydrogens is 458 g/mol. The second-order valence-corrected chi connectivity index (χ2v) is 8.11. The zero-order valence-corrected chi connectivity index (χ0v) is 19.8. The summed E-state index contributed by atoms with van der Waals surface area (Å²) in [4.78, 5) is 53.3. The lowest BCUT2D eigenvalue weighted by molar-refractivity contribution is -0.142. The molecule has 0 aliphatic carbocycles. The zero-order chi connectivity index (χ0) is 26.5. The lowest BCUT2D eigenvalue weighted by atomic mass is 10.0. The predicted octanol–water partition coefficient (Wildman–Crippen LogP) is -2.45. The number of carbonyl (C=O) groups excluding carboxylic acids is 3. The highest BCUT2D eigenvalue weighted by Gasteiger charge is 2.31. The Morgan fingerprint density at radius 2 is 1.54 bits per heavy atom. The number of nitrogens with zero attached hydrogens (tertiary/aromatic N) is 1. The maximum atomic E-state index is 13.0. The summed E-state index contributed by atoms with van der Waals surface area (Å²) >= 11 is 0. The van der Waals surface area contributed by atoms with E-state index < -0.39 is 54.0 Å². The minimum Gasteiger partial charge on any atom is -0.480 e. The molecule has 0 bridgehead atoms. The van der Waals surface area contributed by atoms with Crippen LogP contribution in [0.4, 0.5) is 0 Å². The Bertz CT molecular complexity index is 888. The molecule has 1 aromatic carbocycles. The van der Waals surface area contributed by atoms with Crippen molar-refractivity contribution in [3.8, 4) is 0 Å². The molecule has 0 aliphatic rings. The third kappa shape index (κ3) is 10.8. The molecule has 5 atom stereocenters. The number of hydrogen-bond acceptors (Lipinski definition) is 7.